The third-order valence-electron chi connectivity index (χ3n) is 6.36. The summed E-state index contributed by atoms with van der Waals surface area (Å²) < 4.78 is 28.7. The number of benzene rings is 3. The Labute approximate surface area is 261 Å². The van der Waals surface area contributed by atoms with Gasteiger partial charge < -0.3 is 10.2 Å². The van der Waals surface area contributed by atoms with Crippen LogP contribution in [0.15, 0.2) is 71.6 Å². The molecule has 7 nitrogen and oxygen atoms in total. The maximum absolute atomic E-state index is 14.1. The molecule has 0 aliphatic heterocycles. The van der Waals surface area contributed by atoms with Gasteiger partial charge >= 0.3 is 0 Å². The fourth-order valence-electron chi connectivity index (χ4n) is 4.18. The molecular weight excluding hydrogens is 628 g/mol. The standard InChI is InChI=1S/C29H31Cl4N3O4S/c1-3-5-15-34-29(38)26(4-2)35(18-20-11-12-21(30)16-24(20)32)28(37)19-36(27-14-13-22(31)17-25(27)33)41(39,40)23-9-7-6-8-10-23/h6-14,16-17,26H,3-5,15,18-19H2,1-2H3,(H,34,38)/t26-/m0/s1. The minimum absolute atomic E-state index is 0.0320. The molecule has 3 rings (SSSR count). The third kappa shape index (κ3) is 8.52. The van der Waals surface area contributed by atoms with Gasteiger partial charge in [0.15, 0.2) is 0 Å². The van der Waals surface area contributed by atoms with Gasteiger partial charge in [0.2, 0.25) is 11.8 Å². The van der Waals surface area contributed by atoms with E-state index < -0.39 is 28.5 Å². The molecule has 1 atom stereocenters. The predicted molar refractivity (Wildman–Crippen MR) is 166 cm³/mol. The van der Waals surface area contributed by atoms with Crippen LogP contribution in [0.5, 0.6) is 0 Å². The van der Waals surface area contributed by atoms with E-state index in [0.29, 0.717) is 27.2 Å². The molecule has 0 aliphatic carbocycles. The molecule has 220 valence electrons. The lowest BCUT2D eigenvalue weighted by Crippen LogP contribution is -2.52. The summed E-state index contributed by atoms with van der Waals surface area (Å²) >= 11 is 25.0. The molecule has 0 saturated carbocycles. The number of nitrogens with zero attached hydrogens (tertiary/aromatic N) is 2. The Morgan fingerprint density at radius 2 is 1.51 bits per heavy atom. The van der Waals surface area contributed by atoms with E-state index in [1.807, 2.05) is 6.92 Å². The van der Waals surface area contributed by atoms with Crippen molar-refractivity contribution in [1.29, 1.82) is 0 Å². The van der Waals surface area contributed by atoms with Crippen LogP contribution >= 0.6 is 46.4 Å². The van der Waals surface area contributed by atoms with Gasteiger partial charge in [0.05, 0.1) is 15.6 Å². The molecule has 2 amide bonds. The number of carbonyl (C=O) groups is 2. The first-order valence-electron chi connectivity index (χ1n) is 13.0. The molecule has 0 unspecified atom stereocenters. The van der Waals surface area contributed by atoms with E-state index in [-0.39, 0.29) is 34.5 Å². The predicted octanol–water partition coefficient (Wildman–Crippen LogP) is 7.22. The van der Waals surface area contributed by atoms with Crippen LogP contribution in [0.25, 0.3) is 0 Å². The molecule has 3 aromatic rings. The van der Waals surface area contributed by atoms with E-state index in [1.165, 1.54) is 35.2 Å². The summed E-state index contributed by atoms with van der Waals surface area (Å²) in [5, 5.41) is 3.95. The molecule has 0 aromatic heterocycles. The lowest BCUT2D eigenvalue weighted by atomic mass is 10.1. The largest absolute Gasteiger partial charge is 0.354 e. The maximum atomic E-state index is 14.1. The van der Waals surface area contributed by atoms with Crippen molar-refractivity contribution in [3.05, 3.63) is 92.4 Å². The zero-order valence-electron chi connectivity index (χ0n) is 22.6. The van der Waals surface area contributed by atoms with E-state index in [1.54, 1.807) is 43.3 Å². The smallest absolute Gasteiger partial charge is 0.264 e. The number of rotatable bonds is 13. The van der Waals surface area contributed by atoms with E-state index in [2.05, 4.69) is 5.32 Å². The molecular formula is C29H31Cl4N3O4S. The SMILES string of the molecule is CCCCNC(=O)[C@H](CC)N(Cc1ccc(Cl)cc1Cl)C(=O)CN(c1ccc(Cl)cc1Cl)S(=O)(=O)c1ccccc1. The van der Waals surface area contributed by atoms with Crippen molar-refractivity contribution < 1.29 is 18.0 Å². The normalized spacial score (nSPS) is 12.0. The average molecular weight is 659 g/mol. The molecule has 0 spiro atoms. The van der Waals surface area contributed by atoms with Crippen molar-refractivity contribution >= 4 is 73.9 Å². The maximum Gasteiger partial charge on any atom is 0.264 e. The molecule has 0 radical (unpaired) electrons. The van der Waals surface area contributed by atoms with Crippen LogP contribution in [0.3, 0.4) is 0 Å². The fourth-order valence-corrected chi connectivity index (χ4v) is 6.66. The first-order valence-corrected chi connectivity index (χ1v) is 16.0. The lowest BCUT2D eigenvalue weighted by molar-refractivity contribution is -0.140. The van der Waals surface area contributed by atoms with Crippen LogP contribution in [-0.2, 0) is 26.2 Å². The van der Waals surface area contributed by atoms with Gasteiger partial charge in [-0.25, -0.2) is 8.42 Å². The molecule has 41 heavy (non-hydrogen) atoms. The van der Waals surface area contributed by atoms with Crippen molar-refractivity contribution in [2.24, 2.45) is 0 Å². The number of hydrogen-bond acceptors (Lipinski definition) is 4. The number of halogens is 4. The van der Waals surface area contributed by atoms with Crippen LogP contribution in [0.2, 0.25) is 20.1 Å². The summed E-state index contributed by atoms with van der Waals surface area (Å²) in [4.78, 5) is 28.7. The Hall–Kier alpha value is -2.49. The number of amides is 2. The summed E-state index contributed by atoms with van der Waals surface area (Å²) in [5.41, 5.74) is 0.615. The van der Waals surface area contributed by atoms with E-state index in [9.17, 15) is 18.0 Å². The monoisotopic (exact) mass is 657 g/mol. The van der Waals surface area contributed by atoms with Gasteiger partial charge in [-0.3, -0.25) is 13.9 Å². The van der Waals surface area contributed by atoms with Crippen LogP contribution < -0.4 is 9.62 Å². The Kier molecular flexibility index (Phi) is 12.2. The van der Waals surface area contributed by atoms with E-state index in [4.69, 9.17) is 46.4 Å². The molecule has 0 saturated heterocycles. The number of sulfonamides is 1. The Morgan fingerprint density at radius 3 is 2.10 bits per heavy atom. The van der Waals surface area contributed by atoms with Gasteiger partial charge in [-0.15, -0.1) is 0 Å². The van der Waals surface area contributed by atoms with E-state index in [0.717, 1.165) is 17.1 Å². The van der Waals surface area contributed by atoms with Crippen LogP contribution in [0, 0.1) is 0 Å². The zero-order valence-corrected chi connectivity index (χ0v) is 26.5. The van der Waals surface area contributed by atoms with Crippen LogP contribution in [0.4, 0.5) is 5.69 Å². The lowest BCUT2D eigenvalue weighted by Gasteiger charge is -2.33. The molecule has 0 fully saturated rings. The van der Waals surface area contributed by atoms with E-state index >= 15 is 0 Å². The molecule has 0 heterocycles. The summed E-state index contributed by atoms with van der Waals surface area (Å²) in [5.74, 6) is -0.972. The van der Waals surface area contributed by atoms with Crippen LogP contribution in [0.1, 0.15) is 38.7 Å². The summed E-state index contributed by atoms with van der Waals surface area (Å²) in [6.45, 7) is 3.54. The Balaban J connectivity index is 2.08. The second kappa shape index (κ2) is 15.1. The van der Waals surface area contributed by atoms with Gasteiger partial charge in [0, 0.05) is 28.2 Å². The minimum Gasteiger partial charge on any atom is -0.354 e. The molecule has 0 aliphatic rings. The number of hydrogen-bond donors (Lipinski definition) is 1. The second-order valence-electron chi connectivity index (χ2n) is 9.25. The average Bonchev–Trinajstić information content (AvgIpc) is 2.93. The number of unbranched alkanes of at least 4 members (excludes halogenated alkanes) is 1. The quantitative estimate of drug-likeness (QED) is 0.197. The van der Waals surface area contributed by atoms with Crippen molar-refractivity contribution in [2.45, 2.75) is 50.6 Å². The van der Waals surface area contributed by atoms with Gasteiger partial charge in [-0.2, -0.15) is 0 Å². The number of anilines is 1. The van der Waals surface area contributed by atoms with Crippen molar-refractivity contribution in [3.63, 3.8) is 0 Å². The Bertz CT molecular complexity index is 1470. The van der Waals surface area contributed by atoms with Gasteiger partial charge in [0.25, 0.3) is 10.0 Å². The Morgan fingerprint density at radius 1 is 0.878 bits per heavy atom. The summed E-state index contributed by atoms with van der Waals surface area (Å²) in [7, 11) is -4.26. The highest BCUT2D eigenvalue weighted by atomic mass is 35.5. The first-order chi connectivity index (χ1) is 19.5. The minimum atomic E-state index is -4.26. The topological polar surface area (TPSA) is 86.8 Å². The van der Waals surface area contributed by atoms with Crippen molar-refractivity contribution in [1.82, 2.24) is 10.2 Å². The van der Waals surface area contributed by atoms with Gasteiger partial charge in [-0.05, 0) is 60.9 Å². The second-order valence-corrected chi connectivity index (χ2v) is 12.8. The van der Waals surface area contributed by atoms with Crippen LogP contribution in [-0.4, -0.2) is 44.3 Å². The van der Waals surface area contributed by atoms with Crippen molar-refractivity contribution in [3.8, 4) is 0 Å². The molecule has 0 bridgehead atoms. The molecule has 1 N–H and O–H groups in total. The highest BCUT2D eigenvalue weighted by molar-refractivity contribution is 7.92. The van der Waals surface area contributed by atoms with Crippen molar-refractivity contribution in [2.75, 3.05) is 17.4 Å². The summed E-state index contributed by atoms with van der Waals surface area (Å²) in [6, 6.07) is 16.0. The highest BCUT2D eigenvalue weighted by Gasteiger charge is 2.34. The highest BCUT2D eigenvalue weighted by Crippen LogP contribution is 2.33. The first kappa shape index (κ1) is 33.0. The molecule has 3 aromatic carbocycles. The zero-order chi connectivity index (χ0) is 30.2. The molecule has 12 heteroatoms. The fraction of sp³-hybridized carbons (Fsp3) is 0.310. The van der Waals surface area contributed by atoms with Gasteiger partial charge in [-0.1, -0.05) is 90.9 Å². The number of nitrogens with one attached hydrogen (secondary N) is 1. The number of carbonyl (C=O) groups excluding carboxylic acids is 2. The third-order valence-corrected chi connectivity index (χ3v) is 9.26. The summed E-state index contributed by atoms with van der Waals surface area (Å²) in [6.07, 6.45) is 1.94. The van der Waals surface area contributed by atoms with Gasteiger partial charge in [0.1, 0.15) is 12.6 Å².